The van der Waals surface area contributed by atoms with Crippen LogP contribution in [0.1, 0.15) is 24.7 Å². The number of aromatic amines is 1. The summed E-state index contributed by atoms with van der Waals surface area (Å²) in [6.45, 7) is 0.763. The summed E-state index contributed by atoms with van der Waals surface area (Å²) in [7, 11) is 0. The maximum absolute atomic E-state index is 12.6. The average Bonchev–Trinajstić information content (AvgIpc) is 3.30. The predicted molar refractivity (Wildman–Crippen MR) is 94.8 cm³/mol. The lowest BCUT2D eigenvalue weighted by Crippen LogP contribution is -2.32. The lowest BCUT2D eigenvalue weighted by molar-refractivity contribution is -0.129. The van der Waals surface area contributed by atoms with Gasteiger partial charge in [-0.3, -0.25) is 4.79 Å². The van der Waals surface area contributed by atoms with Crippen LogP contribution in [-0.4, -0.2) is 43.3 Å². The number of imidazole rings is 1. The highest BCUT2D eigenvalue weighted by Crippen LogP contribution is 2.33. The number of fused-ring (bicyclic) bond motifs is 1. The van der Waals surface area contributed by atoms with Gasteiger partial charge in [-0.15, -0.1) is 10.2 Å². The number of nitrogens with two attached hydrogens (primary N) is 1. The van der Waals surface area contributed by atoms with Gasteiger partial charge in [0.2, 0.25) is 11.0 Å². The average molecular weight is 360 g/mol. The van der Waals surface area contributed by atoms with Crippen LogP contribution in [0.5, 0.6) is 0 Å². The Hall–Kier alpha value is -2.13. The second-order valence-electron chi connectivity index (χ2n) is 5.58. The van der Waals surface area contributed by atoms with Gasteiger partial charge in [-0.1, -0.05) is 35.2 Å². The zero-order valence-corrected chi connectivity index (χ0v) is 14.4. The lowest BCUT2D eigenvalue weighted by Gasteiger charge is -2.22. The molecule has 0 saturated carbocycles. The van der Waals surface area contributed by atoms with Crippen molar-refractivity contribution < 1.29 is 4.79 Å². The minimum absolute atomic E-state index is 0.0185. The number of hydrogen-bond acceptors (Lipinski definition) is 7. The Morgan fingerprint density at radius 1 is 1.42 bits per heavy atom. The number of carbonyl (C=O) groups is 1. The van der Waals surface area contributed by atoms with Crippen molar-refractivity contribution in [3.63, 3.8) is 0 Å². The number of rotatable bonds is 4. The fraction of sp³-hybridized carbons (Fsp3) is 0.333. The Balaban J connectivity index is 1.48. The third-order valence-corrected chi connectivity index (χ3v) is 5.91. The van der Waals surface area contributed by atoms with E-state index in [1.807, 2.05) is 29.2 Å². The highest BCUT2D eigenvalue weighted by molar-refractivity contribution is 8.01. The molecule has 2 aromatic heterocycles. The van der Waals surface area contributed by atoms with Crippen molar-refractivity contribution in [3.8, 4) is 0 Å². The monoisotopic (exact) mass is 360 g/mol. The summed E-state index contributed by atoms with van der Waals surface area (Å²) in [4.78, 5) is 22.5. The van der Waals surface area contributed by atoms with Crippen molar-refractivity contribution in [1.82, 2.24) is 25.1 Å². The Bertz CT molecular complexity index is 843. The highest BCUT2D eigenvalue weighted by atomic mass is 32.2. The molecular weight excluding hydrogens is 344 g/mol. The van der Waals surface area contributed by atoms with Crippen LogP contribution in [0.3, 0.4) is 0 Å². The Morgan fingerprint density at radius 2 is 2.29 bits per heavy atom. The van der Waals surface area contributed by atoms with E-state index in [9.17, 15) is 4.79 Å². The maximum atomic E-state index is 12.6. The van der Waals surface area contributed by atoms with Crippen LogP contribution in [0.25, 0.3) is 11.0 Å². The van der Waals surface area contributed by atoms with E-state index in [-0.39, 0.29) is 11.9 Å². The third-order valence-electron chi connectivity index (χ3n) is 4.04. The number of aromatic nitrogens is 4. The van der Waals surface area contributed by atoms with Crippen LogP contribution in [0.15, 0.2) is 28.6 Å². The molecule has 0 bridgehead atoms. The van der Waals surface area contributed by atoms with Gasteiger partial charge in [0.25, 0.3) is 0 Å². The summed E-state index contributed by atoms with van der Waals surface area (Å²) in [6, 6.07) is 7.95. The number of nitrogens with zero attached hydrogens (tertiary/aromatic N) is 4. The molecule has 1 atom stereocenters. The van der Waals surface area contributed by atoms with Gasteiger partial charge >= 0.3 is 0 Å². The molecule has 9 heteroatoms. The molecule has 4 rings (SSSR count). The van der Waals surface area contributed by atoms with Gasteiger partial charge in [0.15, 0.2) is 4.34 Å². The number of thioether (sulfide) groups is 1. The van der Waals surface area contributed by atoms with E-state index in [2.05, 4.69) is 20.2 Å². The minimum atomic E-state index is 0.0185. The van der Waals surface area contributed by atoms with Crippen molar-refractivity contribution in [2.24, 2.45) is 0 Å². The summed E-state index contributed by atoms with van der Waals surface area (Å²) in [5, 5.41) is 8.12. The molecule has 1 aromatic carbocycles. The first-order chi connectivity index (χ1) is 11.7. The topological polar surface area (TPSA) is 101 Å². The first kappa shape index (κ1) is 15.4. The number of likely N-dealkylation sites (tertiary alicyclic amines) is 1. The number of para-hydroxylation sites is 2. The molecule has 1 saturated heterocycles. The van der Waals surface area contributed by atoms with E-state index >= 15 is 0 Å². The number of H-pyrrole nitrogens is 1. The van der Waals surface area contributed by atoms with Crippen molar-refractivity contribution in [3.05, 3.63) is 30.1 Å². The molecule has 1 aliphatic rings. The zero-order chi connectivity index (χ0) is 16.5. The Labute approximate surface area is 146 Å². The van der Waals surface area contributed by atoms with Crippen LogP contribution in [0, 0.1) is 0 Å². The lowest BCUT2D eigenvalue weighted by atomic mass is 10.2. The third kappa shape index (κ3) is 2.96. The number of anilines is 1. The Kier molecular flexibility index (Phi) is 4.11. The smallest absolute Gasteiger partial charge is 0.233 e. The van der Waals surface area contributed by atoms with Crippen LogP contribution >= 0.6 is 23.1 Å². The fourth-order valence-electron chi connectivity index (χ4n) is 2.96. The van der Waals surface area contributed by atoms with Gasteiger partial charge in [0.1, 0.15) is 5.82 Å². The van der Waals surface area contributed by atoms with Crippen LogP contribution in [0.4, 0.5) is 5.13 Å². The van der Waals surface area contributed by atoms with E-state index in [4.69, 9.17) is 5.73 Å². The van der Waals surface area contributed by atoms with E-state index in [1.165, 1.54) is 23.1 Å². The number of nitrogens with one attached hydrogen (secondary N) is 1. The van der Waals surface area contributed by atoms with E-state index < -0.39 is 0 Å². The first-order valence-corrected chi connectivity index (χ1v) is 9.47. The number of nitrogen functional groups attached to an aromatic ring is 1. The highest BCUT2D eigenvalue weighted by Gasteiger charge is 2.32. The number of hydrogen-bond donors (Lipinski definition) is 2. The largest absolute Gasteiger partial charge is 0.374 e. The van der Waals surface area contributed by atoms with Crippen LogP contribution < -0.4 is 5.73 Å². The van der Waals surface area contributed by atoms with Crippen LogP contribution in [0.2, 0.25) is 0 Å². The SMILES string of the molecule is Nc1nnc(SCC(=O)N2CCC[C@H]2c2nc3ccccc3[nH]2)s1. The molecule has 24 heavy (non-hydrogen) atoms. The number of carbonyl (C=O) groups excluding carboxylic acids is 1. The first-order valence-electron chi connectivity index (χ1n) is 7.66. The molecule has 7 nitrogen and oxygen atoms in total. The maximum Gasteiger partial charge on any atom is 0.233 e. The molecule has 3 aromatic rings. The molecule has 3 N–H and O–H groups in total. The van der Waals surface area contributed by atoms with Gasteiger partial charge in [-0.25, -0.2) is 4.98 Å². The number of benzene rings is 1. The molecule has 1 aliphatic heterocycles. The fourth-order valence-corrected chi connectivity index (χ4v) is 4.49. The van der Waals surface area contributed by atoms with Gasteiger partial charge in [-0.2, -0.15) is 0 Å². The molecule has 0 aliphatic carbocycles. The molecule has 0 radical (unpaired) electrons. The molecule has 3 heterocycles. The van der Waals surface area contributed by atoms with Gasteiger partial charge in [0.05, 0.1) is 22.8 Å². The second-order valence-corrected chi connectivity index (χ2v) is 7.81. The molecule has 0 spiro atoms. The molecular formula is C15H16N6OS2. The van der Waals surface area contributed by atoms with Crippen LogP contribution in [-0.2, 0) is 4.79 Å². The Morgan fingerprint density at radius 3 is 3.08 bits per heavy atom. The predicted octanol–water partition coefficient (Wildman–Crippen LogP) is 2.45. The summed E-state index contributed by atoms with van der Waals surface area (Å²) in [6.07, 6.45) is 1.92. The number of amides is 1. The molecule has 0 unspecified atom stereocenters. The zero-order valence-electron chi connectivity index (χ0n) is 12.8. The van der Waals surface area contributed by atoms with Crippen molar-refractivity contribution in [2.45, 2.75) is 23.2 Å². The normalized spacial score (nSPS) is 17.7. The summed E-state index contributed by atoms with van der Waals surface area (Å²) < 4.78 is 0.723. The summed E-state index contributed by atoms with van der Waals surface area (Å²) in [5.74, 6) is 1.30. The van der Waals surface area contributed by atoms with E-state index in [0.29, 0.717) is 10.9 Å². The summed E-state index contributed by atoms with van der Waals surface area (Å²) in [5.41, 5.74) is 7.51. The van der Waals surface area contributed by atoms with E-state index in [1.54, 1.807) is 0 Å². The quantitative estimate of drug-likeness (QED) is 0.693. The molecule has 1 amide bonds. The van der Waals surface area contributed by atoms with Crippen molar-refractivity contribution in [2.75, 3.05) is 18.0 Å². The summed E-state index contributed by atoms with van der Waals surface area (Å²) >= 11 is 2.68. The van der Waals surface area contributed by atoms with Gasteiger partial charge < -0.3 is 15.6 Å². The van der Waals surface area contributed by atoms with E-state index in [0.717, 1.165) is 40.6 Å². The van der Waals surface area contributed by atoms with Gasteiger partial charge in [-0.05, 0) is 25.0 Å². The second kappa shape index (κ2) is 6.40. The van der Waals surface area contributed by atoms with Gasteiger partial charge in [0, 0.05) is 6.54 Å². The molecule has 124 valence electrons. The minimum Gasteiger partial charge on any atom is -0.374 e. The van der Waals surface area contributed by atoms with Crippen molar-refractivity contribution >= 4 is 45.2 Å². The standard InChI is InChI=1S/C15H16N6OS2/c16-14-19-20-15(24-14)23-8-12(22)21-7-3-6-11(21)13-17-9-4-1-2-5-10(9)18-13/h1-2,4-5,11H,3,6-8H2,(H2,16,19)(H,17,18)/t11-/m0/s1. The molecule has 1 fully saturated rings. The van der Waals surface area contributed by atoms with Crippen molar-refractivity contribution in [1.29, 1.82) is 0 Å².